The normalized spacial score (nSPS) is 11.6. The number of carbonyl (C=O) groups is 1. The third-order valence-corrected chi connectivity index (χ3v) is 3.44. The standard InChI is InChI=1S/C15H17N3O4S/c1-8-6-13(19)22-12-7-10(4-5-11(8)12)21-9(2)14(20)17-18-15(23)16-3/h4-7,9H,1-3H3,(H,17,20)(H2,16,18,23)/t9-/m0/s1. The number of carbonyl (C=O) groups excluding carboxylic acids is 1. The highest BCUT2D eigenvalue weighted by Crippen LogP contribution is 2.22. The van der Waals surface area contributed by atoms with E-state index in [1.807, 2.05) is 6.92 Å². The van der Waals surface area contributed by atoms with Crippen molar-refractivity contribution in [2.45, 2.75) is 20.0 Å². The maximum Gasteiger partial charge on any atom is 0.336 e. The first-order valence-electron chi connectivity index (χ1n) is 6.89. The van der Waals surface area contributed by atoms with Gasteiger partial charge in [0.05, 0.1) is 0 Å². The van der Waals surface area contributed by atoms with Gasteiger partial charge in [0.1, 0.15) is 11.3 Å². The Morgan fingerprint density at radius 2 is 2.04 bits per heavy atom. The van der Waals surface area contributed by atoms with Gasteiger partial charge in [-0.15, -0.1) is 0 Å². The molecule has 1 amide bonds. The second-order valence-corrected chi connectivity index (χ2v) is 5.27. The van der Waals surface area contributed by atoms with Crippen LogP contribution >= 0.6 is 12.2 Å². The number of aryl methyl sites for hydroxylation is 1. The van der Waals surface area contributed by atoms with Crippen LogP contribution in [0.2, 0.25) is 0 Å². The van der Waals surface area contributed by atoms with E-state index < -0.39 is 17.6 Å². The van der Waals surface area contributed by atoms with Gasteiger partial charge >= 0.3 is 5.63 Å². The second-order valence-electron chi connectivity index (χ2n) is 4.86. The Morgan fingerprint density at radius 1 is 1.30 bits per heavy atom. The topological polar surface area (TPSA) is 92.6 Å². The van der Waals surface area contributed by atoms with Gasteiger partial charge in [0.15, 0.2) is 11.2 Å². The minimum absolute atomic E-state index is 0.286. The van der Waals surface area contributed by atoms with Gasteiger partial charge in [-0.25, -0.2) is 4.79 Å². The van der Waals surface area contributed by atoms with Crippen LogP contribution in [-0.2, 0) is 4.79 Å². The van der Waals surface area contributed by atoms with Crippen molar-refractivity contribution < 1.29 is 13.9 Å². The molecule has 1 atom stereocenters. The Morgan fingerprint density at radius 3 is 2.74 bits per heavy atom. The minimum atomic E-state index is -0.767. The molecule has 0 unspecified atom stereocenters. The fourth-order valence-corrected chi connectivity index (χ4v) is 1.97. The molecular formula is C15H17N3O4S. The maximum atomic E-state index is 11.9. The zero-order valence-electron chi connectivity index (χ0n) is 12.9. The van der Waals surface area contributed by atoms with Crippen LogP contribution in [-0.4, -0.2) is 24.2 Å². The summed E-state index contributed by atoms with van der Waals surface area (Å²) in [6.45, 7) is 3.42. The highest BCUT2D eigenvalue weighted by molar-refractivity contribution is 7.80. The summed E-state index contributed by atoms with van der Waals surface area (Å²) < 4.78 is 10.7. The van der Waals surface area contributed by atoms with E-state index in [-0.39, 0.29) is 5.11 Å². The number of ether oxygens (including phenoxy) is 1. The van der Waals surface area contributed by atoms with Gasteiger partial charge < -0.3 is 14.5 Å². The summed E-state index contributed by atoms with van der Waals surface area (Å²) in [7, 11) is 1.63. The van der Waals surface area contributed by atoms with E-state index in [0.29, 0.717) is 11.3 Å². The third kappa shape index (κ3) is 4.19. The molecule has 0 fully saturated rings. The van der Waals surface area contributed by atoms with E-state index in [4.69, 9.17) is 21.4 Å². The summed E-state index contributed by atoms with van der Waals surface area (Å²) in [5.74, 6) is 0.0264. The number of rotatable bonds is 3. The third-order valence-electron chi connectivity index (χ3n) is 3.13. The number of hydrogen-bond donors (Lipinski definition) is 3. The van der Waals surface area contributed by atoms with Gasteiger partial charge in [-0.1, -0.05) is 0 Å². The van der Waals surface area contributed by atoms with E-state index in [2.05, 4.69) is 16.2 Å². The lowest BCUT2D eigenvalue weighted by Gasteiger charge is -2.16. The largest absolute Gasteiger partial charge is 0.481 e. The molecule has 2 rings (SSSR count). The molecule has 23 heavy (non-hydrogen) atoms. The van der Waals surface area contributed by atoms with Gasteiger partial charge in [0.25, 0.3) is 5.91 Å². The van der Waals surface area contributed by atoms with Crippen LogP contribution in [0.4, 0.5) is 0 Å². The van der Waals surface area contributed by atoms with Crippen molar-refractivity contribution >= 4 is 34.2 Å². The Kier molecular flexibility index (Phi) is 5.17. The first-order chi connectivity index (χ1) is 10.9. The molecule has 0 saturated carbocycles. The monoisotopic (exact) mass is 335 g/mol. The maximum absolute atomic E-state index is 11.9. The van der Waals surface area contributed by atoms with Crippen LogP contribution < -0.4 is 26.5 Å². The first kappa shape index (κ1) is 16.8. The van der Waals surface area contributed by atoms with Crippen LogP contribution in [0.15, 0.2) is 33.5 Å². The summed E-state index contributed by atoms with van der Waals surface area (Å²) in [4.78, 5) is 23.3. The summed E-state index contributed by atoms with van der Waals surface area (Å²) in [6, 6.07) is 6.50. The molecule has 0 radical (unpaired) electrons. The van der Waals surface area contributed by atoms with E-state index >= 15 is 0 Å². The molecule has 1 heterocycles. The van der Waals surface area contributed by atoms with Gasteiger partial charge in [-0.3, -0.25) is 15.6 Å². The van der Waals surface area contributed by atoms with E-state index in [1.54, 1.807) is 32.2 Å². The molecule has 2 aromatic rings. The molecule has 0 aliphatic rings. The molecule has 122 valence electrons. The number of hydrazine groups is 1. The molecule has 1 aromatic heterocycles. The van der Waals surface area contributed by atoms with Crippen molar-refractivity contribution in [3.8, 4) is 5.75 Å². The number of benzene rings is 1. The average molecular weight is 335 g/mol. The van der Waals surface area contributed by atoms with Gasteiger partial charge in [0.2, 0.25) is 0 Å². The van der Waals surface area contributed by atoms with Gasteiger partial charge in [-0.05, 0) is 43.8 Å². The van der Waals surface area contributed by atoms with Gasteiger partial charge in [0, 0.05) is 24.6 Å². The summed E-state index contributed by atoms with van der Waals surface area (Å²) >= 11 is 4.85. The number of thiocarbonyl (C=S) groups is 1. The summed E-state index contributed by atoms with van der Waals surface area (Å²) in [5.41, 5.74) is 5.74. The predicted molar refractivity (Wildman–Crippen MR) is 90.2 cm³/mol. The minimum Gasteiger partial charge on any atom is -0.481 e. The van der Waals surface area contributed by atoms with E-state index in [0.717, 1.165) is 10.9 Å². The van der Waals surface area contributed by atoms with Gasteiger partial charge in [-0.2, -0.15) is 0 Å². The van der Waals surface area contributed by atoms with Crippen LogP contribution in [0.5, 0.6) is 5.75 Å². The van der Waals surface area contributed by atoms with Crippen molar-refractivity contribution in [2.24, 2.45) is 0 Å². The number of hydrogen-bond acceptors (Lipinski definition) is 5. The summed E-state index contributed by atoms with van der Waals surface area (Å²) in [5, 5.41) is 3.76. The first-order valence-corrected chi connectivity index (χ1v) is 7.30. The highest BCUT2D eigenvalue weighted by Gasteiger charge is 2.15. The Bertz CT molecular complexity index is 803. The summed E-state index contributed by atoms with van der Waals surface area (Å²) in [6.07, 6.45) is -0.767. The van der Waals surface area contributed by atoms with E-state index in [1.165, 1.54) is 6.07 Å². The molecule has 0 saturated heterocycles. The molecule has 1 aromatic carbocycles. The quantitative estimate of drug-likeness (QED) is 0.438. The fourth-order valence-electron chi connectivity index (χ4n) is 1.92. The molecule has 8 heteroatoms. The fraction of sp³-hybridized carbons (Fsp3) is 0.267. The smallest absolute Gasteiger partial charge is 0.336 e. The van der Waals surface area contributed by atoms with Crippen molar-refractivity contribution in [1.29, 1.82) is 0 Å². The lowest BCUT2D eigenvalue weighted by Crippen LogP contribution is -2.49. The SMILES string of the molecule is CNC(=S)NNC(=O)[C@H](C)Oc1ccc2c(C)cc(=O)oc2c1. The van der Waals surface area contributed by atoms with Crippen LogP contribution in [0.1, 0.15) is 12.5 Å². The zero-order valence-corrected chi connectivity index (χ0v) is 13.7. The molecular weight excluding hydrogens is 318 g/mol. The van der Waals surface area contributed by atoms with Crippen molar-refractivity contribution in [3.05, 3.63) is 40.2 Å². The molecule has 3 N–H and O–H groups in total. The second kappa shape index (κ2) is 7.10. The molecule has 0 bridgehead atoms. The Hall–Kier alpha value is -2.61. The van der Waals surface area contributed by atoms with Crippen LogP contribution in [0.25, 0.3) is 11.0 Å². The van der Waals surface area contributed by atoms with Crippen LogP contribution in [0, 0.1) is 6.92 Å². The average Bonchev–Trinajstić information content (AvgIpc) is 2.51. The Balaban J connectivity index is 2.10. The highest BCUT2D eigenvalue weighted by atomic mass is 32.1. The Labute approximate surface area is 138 Å². The lowest BCUT2D eigenvalue weighted by molar-refractivity contribution is -0.127. The van der Waals surface area contributed by atoms with Crippen molar-refractivity contribution in [3.63, 3.8) is 0 Å². The molecule has 0 spiro atoms. The number of nitrogens with one attached hydrogen (secondary N) is 3. The van der Waals surface area contributed by atoms with Crippen molar-refractivity contribution in [2.75, 3.05) is 7.05 Å². The number of amides is 1. The molecule has 7 nitrogen and oxygen atoms in total. The zero-order chi connectivity index (χ0) is 17.0. The molecule has 0 aliphatic carbocycles. The van der Waals surface area contributed by atoms with Crippen molar-refractivity contribution in [1.82, 2.24) is 16.2 Å². The lowest BCUT2D eigenvalue weighted by atomic mass is 10.1. The van der Waals surface area contributed by atoms with E-state index in [9.17, 15) is 9.59 Å². The number of fused-ring (bicyclic) bond motifs is 1. The molecule has 0 aliphatic heterocycles. The predicted octanol–water partition coefficient (Wildman–Crippen LogP) is 0.994. The van der Waals surface area contributed by atoms with Crippen LogP contribution in [0.3, 0.4) is 0 Å².